The van der Waals surface area contributed by atoms with Crippen LogP contribution in [0.25, 0.3) is 11.0 Å². The number of nitrogens with zero attached hydrogens (tertiary/aromatic N) is 1. The number of imidazole rings is 1. The summed E-state index contributed by atoms with van der Waals surface area (Å²) in [6, 6.07) is 13.9. The first-order valence-corrected chi connectivity index (χ1v) is 6.95. The molecule has 4 heteroatoms. The molecule has 0 aliphatic heterocycles. The van der Waals surface area contributed by atoms with Crippen molar-refractivity contribution in [3.63, 3.8) is 0 Å². The van der Waals surface area contributed by atoms with E-state index in [9.17, 15) is 4.79 Å². The van der Waals surface area contributed by atoms with E-state index in [1.807, 2.05) is 49.4 Å². The smallest absolute Gasteiger partial charge is 0.224 e. The summed E-state index contributed by atoms with van der Waals surface area (Å²) in [5.74, 6) is 0.0361. The Kier molecular flexibility index (Phi) is 3.69. The van der Waals surface area contributed by atoms with Crippen LogP contribution in [0.2, 0.25) is 0 Å². The number of amides is 1. The minimum atomic E-state index is 0.0361. The summed E-state index contributed by atoms with van der Waals surface area (Å²) in [6.45, 7) is 2.55. The Hall–Kier alpha value is -2.62. The van der Waals surface area contributed by atoms with Crippen LogP contribution < -0.4 is 5.32 Å². The molecule has 4 nitrogen and oxygen atoms in total. The zero-order valence-electron chi connectivity index (χ0n) is 11.9. The quantitative estimate of drug-likeness (QED) is 0.771. The van der Waals surface area contributed by atoms with E-state index in [1.165, 1.54) is 0 Å². The number of aryl methyl sites for hydroxylation is 1. The summed E-state index contributed by atoms with van der Waals surface area (Å²) in [5.41, 5.74) is 5.20. The highest BCUT2D eigenvalue weighted by molar-refractivity contribution is 5.79. The predicted octanol–water partition coefficient (Wildman–Crippen LogP) is 2.73. The predicted molar refractivity (Wildman–Crippen MR) is 82.8 cm³/mol. The Morgan fingerprint density at radius 2 is 2.10 bits per heavy atom. The molecule has 1 aromatic heterocycles. The molecule has 0 saturated heterocycles. The van der Waals surface area contributed by atoms with Crippen LogP contribution in [0.3, 0.4) is 0 Å². The molecule has 0 bridgehead atoms. The third-order valence-corrected chi connectivity index (χ3v) is 3.59. The molecule has 0 aliphatic rings. The van der Waals surface area contributed by atoms with Crippen LogP contribution >= 0.6 is 0 Å². The van der Waals surface area contributed by atoms with Crippen molar-refractivity contribution in [3.05, 3.63) is 65.5 Å². The zero-order chi connectivity index (χ0) is 14.7. The lowest BCUT2D eigenvalue weighted by atomic mass is 10.1. The van der Waals surface area contributed by atoms with Gasteiger partial charge in [-0.1, -0.05) is 30.3 Å². The van der Waals surface area contributed by atoms with Crippen LogP contribution in [0.5, 0.6) is 0 Å². The van der Waals surface area contributed by atoms with Crippen LogP contribution in [-0.4, -0.2) is 15.9 Å². The summed E-state index contributed by atoms with van der Waals surface area (Å²) in [5, 5.41) is 2.96. The maximum absolute atomic E-state index is 12.0. The topological polar surface area (TPSA) is 57.8 Å². The van der Waals surface area contributed by atoms with Crippen molar-refractivity contribution >= 4 is 16.9 Å². The van der Waals surface area contributed by atoms with Crippen LogP contribution in [-0.2, 0) is 17.8 Å². The minimum Gasteiger partial charge on any atom is -0.352 e. The lowest BCUT2D eigenvalue weighted by Crippen LogP contribution is -2.24. The van der Waals surface area contributed by atoms with Gasteiger partial charge in [0.05, 0.1) is 23.8 Å². The zero-order valence-corrected chi connectivity index (χ0v) is 11.9. The molecule has 106 valence electrons. The molecule has 2 aromatic carbocycles. The number of rotatable bonds is 4. The number of nitrogens with one attached hydrogen (secondary N) is 2. The average molecular weight is 279 g/mol. The molecule has 0 atom stereocenters. The van der Waals surface area contributed by atoms with Gasteiger partial charge in [-0.25, -0.2) is 4.98 Å². The van der Waals surface area contributed by atoms with Crippen molar-refractivity contribution in [1.82, 2.24) is 15.3 Å². The fraction of sp³-hybridized carbons (Fsp3) is 0.176. The number of fused-ring (bicyclic) bond motifs is 1. The number of hydrogen-bond donors (Lipinski definition) is 2. The van der Waals surface area contributed by atoms with Gasteiger partial charge in [0.25, 0.3) is 0 Å². The maximum atomic E-state index is 12.0. The summed E-state index contributed by atoms with van der Waals surface area (Å²) in [4.78, 5) is 19.3. The number of benzene rings is 2. The number of hydrogen-bond acceptors (Lipinski definition) is 2. The monoisotopic (exact) mass is 279 g/mol. The number of aromatic nitrogens is 2. The summed E-state index contributed by atoms with van der Waals surface area (Å²) < 4.78 is 0. The van der Waals surface area contributed by atoms with Gasteiger partial charge in [0.1, 0.15) is 0 Å². The van der Waals surface area contributed by atoms with Gasteiger partial charge in [0, 0.05) is 6.54 Å². The van der Waals surface area contributed by atoms with E-state index < -0.39 is 0 Å². The number of carbonyl (C=O) groups is 1. The third kappa shape index (κ3) is 3.11. The molecule has 1 heterocycles. The first-order chi connectivity index (χ1) is 10.2. The Labute approximate surface area is 123 Å². The van der Waals surface area contributed by atoms with Gasteiger partial charge >= 0.3 is 0 Å². The molecule has 0 spiro atoms. The molecule has 0 radical (unpaired) electrons. The van der Waals surface area contributed by atoms with Crippen LogP contribution in [0.1, 0.15) is 16.7 Å². The van der Waals surface area contributed by atoms with Gasteiger partial charge in [0.15, 0.2) is 0 Å². The van der Waals surface area contributed by atoms with E-state index in [0.717, 1.165) is 27.7 Å². The number of aromatic amines is 1. The molecule has 0 saturated carbocycles. The van der Waals surface area contributed by atoms with Crippen LogP contribution in [0, 0.1) is 6.92 Å². The number of H-pyrrole nitrogens is 1. The highest BCUT2D eigenvalue weighted by atomic mass is 16.1. The molecule has 0 fully saturated rings. The normalized spacial score (nSPS) is 10.7. The largest absolute Gasteiger partial charge is 0.352 e. The van der Waals surface area contributed by atoms with Crippen molar-refractivity contribution in [2.45, 2.75) is 19.9 Å². The lowest BCUT2D eigenvalue weighted by Gasteiger charge is -2.07. The van der Waals surface area contributed by atoms with E-state index in [4.69, 9.17) is 0 Å². The Balaban J connectivity index is 1.61. The Morgan fingerprint density at radius 1 is 1.24 bits per heavy atom. The van der Waals surface area contributed by atoms with E-state index in [1.54, 1.807) is 6.33 Å². The maximum Gasteiger partial charge on any atom is 0.224 e. The highest BCUT2D eigenvalue weighted by Gasteiger charge is 2.06. The van der Waals surface area contributed by atoms with E-state index in [-0.39, 0.29) is 5.91 Å². The summed E-state index contributed by atoms with van der Waals surface area (Å²) in [7, 11) is 0. The summed E-state index contributed by atoms with van der Waals surface area (Å²) >= 11 is 0. The summed E-state index contributed by atoms with van der Waals surface area (Å²) in [6.07, 6.45) is 2.09. The molecule has 0 aliphatic carbocycles. The second-order valence-electron chi connectivity index (χ2n) is 5.13. The van der Waals surface area contributed by atoms with Crippen LogP contribution in [0.4, 0.5) is 0 Å². The van der Waals surface area contributed by atoms with Crippen LogP contribution in [0.15, 0.2) is 48.8 Å². The van der Waals surface area contributed by atoms with Crippen molar-refractivity contribution < 1.29 is 4.79 Å². The number of carbonyl (C=O) groups excluding carboxylic acids is 1. The molecule has 3 rings (SSSR count). The van der Waals surface area contributed by atoms with Gasteiger partial charge in [-0.05, 0) is 35.7 Å². The van der Waals surface area contributed by atoms with Gasteiger partial charge in [0.2, 0.25) is 5.91 Å². The van der Waals surface area contributed by atoms with Crippen molar-refractivity contribution in [3.8, 4) is 0 Å². The van der Waals surface area contributed by atoms with Gasteiger partial charge in [-0.2, -0.15) is 0 Å². The third-order valence-electron chi connectivity index (χ3n) is 3.59. The van der Waals surface area contributed by atoms with Crippen molar-refractivity contribution in [1.29, 1.82) is 0 Å². The Bertz CT molecular complexity index is 776. The van der Waals surface area contributed by atoms with E-state index in [2.05, 4.69) is 15.3 Å². The van der Waals surface area contributed by atoms with Crippen molar-refractivity contribution in [2.75, 3.05) is 0 Å². The van der Waals surface area contributed by atoms with E-state index in [0.29, 0.717) is 13.0 Å². The minimum absolute atomic E-state index is 0.0361. The fourth-order valence-electron chi connectivity index (χ4n) is 2.34. The second-order valence-corrected chi connectivity index (χ2v) is 5.13. The highest BCUT2D eigenvalue weighted by Crippen LogP contribution is 2.12. The van der Waals surface area contributed by atoms with Gasteiger partial charge in [-0.15, -0.1) is 0 Å². The SMILES string of the molecule is Cc1ccccc1CC(=O)NCc1ccc2nc[nH]c2c1. The molecule has 3 aromatic rings. The molecular formula is C17H17N3O. The first-order valence-electron chi connectivity index (χ1n) is 6.95. The van der Waals surface area contributed by atoms with Gasteiger partial charge < -0.3 is 10.3 Å². The van der Waals surface area contributed by atoms with Crippen molar-refractivity contribution in [2.24, 2.45) is 0 Å². The molecular weight excluding hydrogens is 262 g/mol. The molecule has 1 amide bonds. The van der Waals surface area contributed by atoms with Gasteiger partial charge in [-0.3, -0.25) is 4.79 Å². The molecule has 0 unspecified atom stereocenters. The molecule has 2 N–H and O–H groups in total. The second kappa shape index (κ2) is 5.79. The molecule has 21 heavy (non-hydrogen) atoms. The fourth-order valence-corrected chi connectivity index (χ4v) is 2.34. The lowest BCUT2D eigenvalue weighted by molar-refractivity contribution is -0.120. The first kappa shape index (κ1) is 13.4. The standard InChI is InChI=1S/C17H17N3O/c1-12-4-2-3-5-14(12)9-17(21)18-10-13-6-7-15-16(8-13)20-11-19-15/h2-8,11H,9-10H2,1H3,(H,18,21)(H,19,20). The Morgan fingerprint density at radius 3 is 2.95 bits per heavy atom. The average Bonchev–Trinajstić information content (AvgIpc) is 2.95. The van der Waals surface area contributed by atoms with E-state index >= 15 is 0 Å².